The lowest BCUT2D eigenvalue weighted by Crippen LogP contribution is -2.29. The van der Waals surface area contributed by atoms with Gasteiger partial charge in [0, 0.05) is 22.5 Å². The highest BCUT2D eigenvalue weighted by molar-refractivity contribution is 5.97. The van der Waals surface area contributed by atoms with Gasteiger partial charge in [-0.1, -0.05) is 299 Å². The van der Waals surface area contributed by atoms with Crippen LogP contribution in [0.15, 0.2) is 322 Å². The van der Waals surface area contributed by atoms with Crippen LogP contribution < -0.4 is 4.90 Å². The molecule has 0 saturated heterocycles. The Labute approximate surface area is 493 Å². The summed E-state index contributed by atoms with van der Waals surface area (Å²) >= 11 is 0. The zero-order chi connectivity index (χ0) is 56.0. The average molecular weight is 1070 g/mol. The van der Waals surface area contributed by atoms with Gasteiger partial charge in [0.25, 0.3) is 0 Å². The third kappa shape index (κ3) is 7.22. The van der Waals surface area contributed by atoms with Crippen LogP contribution in [0.25, 0.3) is 66.8 Å². The van der Waals surface area contributed by atoms with Crippen molar-refractivity contribution in [2.75, 3.05) is 4.90 Å². The van der Waals surface area contributed by atoms with Gasteiger partial charge >= 0.3 is 0 Å². The van der Waals surface area contributed by atoms with E-state index >= 15 is 0 Å². The van der Waals surface area contributed by atoms with Crippen LogP contribution in [0.3, 0.4) is 0 Å². The summed E-state index contributed by atoms with van der Waals surface area (Å²) < 4.78 is 0. The molecule has 0 atom stereocenters. The fourth-order valence-corrected chi connectivity index (χ4v) is 15.3. The molecule has 0 unspecified atom stereocenters. The van der Waals surface area contributed by atoms with Gasteiger partial charge in [-0.2, -0.15) is 0 Å². The van der Waals surface area contributed by atoms with Crippen LogP contribution in [0.4, 0.5) is 17.1 Å². The second-order valence-electron chi connectivity index (χ2n) is 23.4. The molecule has 0 saturated carbocycles. The SMILES string of the molecule is CC1(C)c2ccccc2-c2c(-c3ccc(N(c4cccc(-c5cccc6c5C(c5ccccc5)(c5ccccc5)c5ccccc5-6)c4)c4cccc(-c5cccc6c5C(c5ccccc5)(c5ccccc5)c5ccccc5-6)c4)cc3)cccc21. The van der Waals surface area contributed by atoms with Crippen LogP contribution in [0.2, 0.25) is 0 Å². The Kier molecular flexibility index (Phi) is 11.4. The molecule has 0 N–H and O–H groups in total. The van der Waals surface area contributed by atoms with E-state index in [-0.39, 0.29) is 5.41 Å². The summed E-state index contributed by atoms with van der Waals surface area (Å²) in [5.41, 5.74) is 29.8. The number of rotatable bonds is 10. The minimum atomic E-state index is -0.567. The molecule has 16 rings (SSSR count). The molecule has 0 aliphatic heterocycles. The average Bonchev–Trinajstić information content (AvgIpc) is 1.92. The van der Waals surface area contributed by atoms with E-state index in [1.54, 1.807) is 0 Å². The molecule has 84 heavy (non-hydrogen) atoms. The van der Waals surface area contributed by atoms with Crippen LogP contribution in [0.5, 0.6) is 0 Å². The summed E-state index contributed by atoms with van der Waals surface area (Å²) in [6.07, 6.45) is 0. The monoisotopic (exact) mass is 1070 g/mol. The molecule has 1 heteroatoms. The number of fused-ring (bicyclic) bond motifs is 9. The molecule has 0 bridgehead atoms. The first-order valence-electron chi connectivity index (χ1n) is 29.5. The van der Waals surface area contributed by atoms with Crippen LogP contribution in [-0.4, -0.2) is 0 Å². The van der Waals surface area contributed by atoms with Gasteiger partial charge in [-0.25, -0.2) is 0 Å². The van der Waals surface area contributed by atoms with Gasteiger partial charge in [-0.15, -0.1) is 0 Å². The zero-order valence-electron chi connectivity index (χ0n) is 47.0. The van der Waals surface area contributed by atoms with E-state index in [1.165, 1.54) is 111 Å². The van der Waals surface area contributed by atoms with Gasteiger partial charge in [-0.05, 0) is 159 Å². The van der Waals surface area contributed by atoms with E-state index < -0.39 is 10.8 Å². The Bertz CT molecular complexity index is 4370. The summed E-state index contributed by atoms with van der Waals surface area (Å²) in [5, 5.41) is 0. The van der Waals surface area contributed by atoms with Gasteiger partial charge in [0.15, 0.2) is 0 Å². The quantitative estimate of drug-likeness (QED) is 0.132. The van der Waals surface area contributed by atoms with E-state index in [9.17, 15) is 0 Å². The molecule has 13 aromatic rings. The number of anilines is 3. The smallest absolute Gasteiger partial charge is 0.0719 e. The first-order valence-corrected chi connectivity index (χ1v) is 29.5. The fraction of sp³-hybridized carbons (Fsp3) is 0.0602. The summed E-state index contributed by atoms with van der Waals surface area (Å²) in [7, 11) is 0. The maximum atomic E-state index is 2.48. The molecule has 3 aliphatic carbocycles. The Balaban J connectivity index is 0.905. The largest absolute Gasteiger partial charge is 0.310 e. The Morgan fingerprint density at radius 1 is 0.226 bits per heavy atom. The van der Waals surface area contributed by atoms with E-state index in [0.29, 0.717) is 0 Å². The molecule has 3 aliphatic rings. The number of hydrogen-bond donors (Lipinski definition) is 0. The topological polar surface area (TPSA) is 3.24 Å². The minimum absolute atomic E-state index is 0.0955. The lowest BCUT2D eigenvalue weighted by Gasteiger charge is -2.35. The second-order valence-corrected chi connectivity index (χ2v) is 23.4. The zero-order valence-corrected chi connectivity index (χ0v) is 47.0. The highest BCUT2D eigenvalue weighted by Crippen LogP contribution is 2.61. The van der Waals surface area contributed by atoms with Gasteiger partial charge in [-0.3, -0.25) is 0 Å². The minimum Gasteiger partial charge on any atom is -0.310 e. The van der Waals surface area contributed by atoms with Crippen molar-refractivity contribution in [1.29, 1.82) is 0 Å². The van der Waals surface area contributed by atoms with Crippen LogP contribution in [-0.2, 0) is 16.2 Å². The first-order chi connectivity index (χ1) is 41.5. The van der Waals surface area contributed by atoms with Crippen molar-refractivity contribution in [2.45, 2.75) is 30.1 Å². The lowest BCUT2D eigenvalue weighted by atomic mass is 9.66. The van der Waals surface area contributed by atoms with Crippen molar-refractivity contribution in [3.63, 3.8) is 0 Å². The van der Waals surface area contributed by atoms with E-state index in [2.05, 4.69) is 340 Å². The first kappa shape index (κ1) is 49.5. The molecular formula is C83H59N. The summed E-state index contributed by atoms with van der Waals surface area (Å²) in [4.78, 5) is 2.48. The molecule has 1 nitrogen and oxygen atoms in total. The molecule has 0 heterocycles. The summed E-state index contributed by atoms with van der Waals surface area (Å²) in [6, 6.07) is 120. The van der Waals surface area contributed by atoms with E-state index in [0.717, 1.165) is 28.2 Å². The van der Waals surface area contributed by atoms with Crippen molar-refractivity contribution in [1.82, 2.24) is 0 Å². The molecule has 396 valence electrons. The highest BCUT2D eigenvalue weighted by Gasteiger charge is 2.49. The Morgan fingerprint density at radius 3 is 1.04 bits per heavy atom. The predicted octanol–water partition coefficient (Wildman–Crippen LogP) is 21.2. The van der Waals surface area contributed by atoms with Gasteiger partial charge in [0.05, 0.1) is 10.8 Å². The summed E-state index contributed by atoms with van der Waals surface area (Å²) in [6.45, 7) is 4.73. The summed E-state index contributed by atoms with van der Waals surface area (Å²) in [5.74, 6) is 0. The predicted molar refractivity (Wildman–Crippen MR) is 350 cm³/mol. The molecule has 0 aromatic heterocycles. The van der Waals surface area contributed by atoms with Gasteiger partial charge in [0.2, 0.25) is 0 Å². The third-order valence-corrected chi connectivity index (χ3v) is 18.8. The maximum absolute atomic E-state index is 2.48. The standard InChI is InChI=1S/C83H59N/c1-81(2)74-46-18-17-40-73(74)78-66(41-25-49-77(78)81)56-50-52-63(53-51-56)84(64-36-21-26-57(54-64)67-42-23-44-71-69-38-15-19-47-75(69)82(79(67)71,59-28-7-3-8-29-59)60-30-9-4-10-31-60)65-37-22-27-58(55-65)68-43-24-45-72-70-39-16-20-48-76(70)83(80(68)72,61-32-11-5-12-33-61)62-34-13-6-14-35-62/h3-55H,1-2H3. The van der Waals surface area contributed by atoms with Gasteiger partial charge < -0.3 is 4.90 Å². The molecule has 0 spiro atoms. The second kappa shape index (κ2) is 19.4. The van der Waals surface area contributed by atoms with Crippen LogP contribution in [0, 0.1) is 0 Å². The van der Waals surface area contributed by atoms with Crippen molar-refractivity contribution in [3.8, 4) is 66.8 Å². The van der Waals surface area contributed by atoms with Gasteiger partial charge in [0.1, 0.15) is 0 Å². The molecule has 13 aromatic carbocycles. The number of nitrogens with zero attached hydrogens (tertiary/aromatic N) is 1. The maximum Gasteiger partial charge on any atom is 0.0719 e. The number of benzene rings is 13. The third-order valence-electron chi connectivity index (χ3n) is 18.8. The van der Waals surface area contributed by atoms with E-state index in [1.807, 2.05) is 0 Å². The molecule has 0 amide bonds. The molecular weight excluding hydrogens is 1010 g/mol. The van der Waals surface area contributed by atoms with Crippen LogP contribution in [0.1, 0.15) is 69.5 Å². The normalized spacial score (nSPS) is 14.1. The van der Waals surface area contributed by atoms with Crippen molar-refractivity contribution >= 4 is 17.1 Å². The fourth-order valence-electron chi connectivity index (χ4n) is 15.3. The molecule has 0 fully saturated rings. The number of hydrogen-bond acceptors (Lipinski definition) is 1. The van der Waals surface area contributed by atoms with Crippen molar-refractivity contribution < 1.29 is 0 Å². The van der Waals surface area contributed by atoms with Crippen molar-refractivity contribution in [2.24, 2.45) is 0 Å². The van der Waals surface area contributed by atoms with Crippen molar-refractivity contribution in [3.05, 3.63) is 377 Å². The highest BCUT2D eigenvalue weighted by atomic mass is 15.1. The Morgan fingerprint density at radius 2 is 0.571 bits per heavy atom. The Hall–Kier alpha value is -10.3. The van der Waals surface area contributed by atoms with E-state index in [4.69, 9.17) is 0 Å². The lowest BCUT2D eigenvalue weighted by molar-refractivity contribution is 0.660. The van der Waals surface area contributed by atoms with Crippen LogP contribution >= 0.6 is 0 Å². The molecule has 0 radical (unpaired) electrons.